The topological polar surface area (TPSA) is 51.1 Å². The molecular formula is C23H20N2O3. The maximum atomic E-state index is 13.0. The molecule has 5 nitrogen and oxygen atoms in total. The smallest absolute Gasteiger partial charge is 0.274 e. The highest BCUT2D eigenvalue weighted by molar-refractivity contribution is 5.98. The minimum atomic E-state index is -0.328. The molecule has 1 heterocycles. The van der Waals surface area contributed by atoms with Gasteiger partial charge in [-0.05, 0) is 42.0 Å². The van der Waals surface area contributed by atoms with E-state index in [1.165, 1.54) is 5.01 Å². The van der Waals surface area contributed by atoms with E-state index < -0.39 is 0 Å². The van der Waals surface area contributed by atoms with Crippen molar-refractivity contribution in [1.82, 2.24) is 5.01 Å². The summed E-state index contributed by atoms with van der Waals surface area (Å²) in [5, 5.41) is 5.97. The first-order valence-corrected chi connectivity index (χ1v) is 9.06. The van der Waals surface area contributed by atoms with Crippen molar-refractivity contribution in [2.24, 2.45) is 5.10 Å². The zero-order valence-electron chi connectivity index (χ0n) is 15.5. The summed E-state index contributed by atoms with van der Waals surface area (Å²) in [7, 11) is 1.63. The van der Waals surface area contributed by atoms with Crippen molar-refractivity contribution in [3.8, 4) is 5.75 Å². The summed E-state index contributed by atoms with van der Waals surface area (Å²) in [6.07, 6.45) is -0.328. The van der Waals surface area contributed by atoms with Gasteiger partial charge in [-0.25, -0.2) is 5.01 Å². The van der Waals surface area contributed by atoms with Crippen LogP contribution in [-0.2, 0) is 4.74 Å². The Morgan fingerprint density at radius 2 is 1.61 bits per heavy atom. The fourth-order valence-electron chi connectivity index (χ4n) is 3.06. The maximum Gasteiger partial charge on any atom is 0.274 e. The second kappa shape index (κ2) is 7.96. The molecule has 0 spiro atoms. The monoisotopic (exact) mass is 372 g/mol. The van der Waals surface area contributed by atoms with Crippen LogP contribution < -0.4 is 4.74 Å². The molecule has 4 rings (SSSR count). The molecule has 0 saturated heterocycles. The van der Waals surface area contributed by atoms with E-state index in [4.69, 9.17) is 9.47 Å². The minimum Gasteiger partial charge on any atom is -0.497 e. The predicted molar refractivity (Wildman–Crippen MR) is 107 cm³/mol. The lowest BCUT2D eigenvalue weighted by atomic mass is 10.1. The molecule has 0 bridgehead atoms. The van der Waals surface area contributed by atoms with E-state index in [-0.39, 0.29) is 12.0 Å². The molecule has 140 valence electrons. The van der Waals surface area contributed by atoms with E-state index in [1.54, 1.807) is 19.2 Å². The summed E-state index contributed by atoms with van der Waals surface area (Å²) in [6.45, 7) is 0.330. The molecule has 5 heteroatoms. The number of methoxy groups -OCH3 is 1. The number of amides is 1. The second-order valence-electron chi connectivity index (χ2n) is 6.40. The summed E-state index contributed by atoms with van der Waals surface area (Å²) < 4.78 is 11.4. The average Bonchev–Trinajstić information content (AvgIpc) is 2.79. The van der Waals surface area contributed by atoms with Crippen molar-refractivity contribution in [3.05, 3.63) is 102 Å². The van der Waals surface area contributed by atoms with Crippen LogP contribution in [0.15, 0.2) is 90.0 Å². The van der Waals surface area contributed by atoms with Crippen molar-refractivity contribution >= 4 is 11.8 Å². The lowest BCUT2D eigenvalue weighted by Crippen LogP contribution is -2.37. The number of rotatable bonds is 4. The highest BCUT2D eigenvalue weighted by atomic mass is 16.5. The number of nitrogens with zero attached hydrogens (tertiary/aromatic N) is 2. The van der Waals surface area contributed by atoms with E-state index in [2.05, 4.69) is 5.10 Å². The van der Waals surface area contributed by atoms with Crippen LogP contribution in [0, 0.1) is 0 Å². The van der Waals surface area contributed by atoms with E-state index in [0.29, 0.717) is 18.0 Å². The molecule has 0 fully saturated rings. The molecule has 28 heavy (non-hydrogen) atoms. The normalized spacial score (nSPS) is 16.1. The van der Waals surface area contributed by atoms with Crippen molar-refractivity contribution in [1.29, 1.82) is 0 Å². The zero-order valence-corrected chi connectivity index (χ0v) is 15.5. The Hall–Kier alpha value is -3.60. The van der Waals surface area contributed by atoms with E-state index >= 15 is 0 Å². The summed E-state index contributed by atoms with van der Waals surface area (Å²) in [5.41, 5.74) is 2.37. The number of hydrogen-bond acceptors (Lipinski definition) is 4. The summed E-state index contributed by atoms with van der Waals surface area (Å²) >= 11 is 0. The van der Waals surface area contributed by atoms with Crippen LogP contribution in [0.2, 0.25) is 0 Å². The van der Waals surface area contributed by atoms with Gasteiger partial charge < -0.3 is 9.47 Å². The number of hydrazone groups is 1. The molecule has 1 amide bonds. The summed E-state index contributed by atoms with van der Waals surface area (Å²) in [6, 6.07) is 26.4. The van der Waals surface area contributed by atoms with Crippen LogP contribution in [0.25, 0.3) is 0 Å². The van der Waals surface area contributed by atoms with Crippen LogP contribution in [0.1, 0.15) is 27.6 Å². The van der Waals surface area contributed by atoms with Crippen LogP contribution in [0.4, 0.5) is 0 Å². The van der Waals surface area contributed by atoms with Gasteiger partial charge in [0.1, 0.15) is 11.9 Å². The SMILES string of the molecule is COc1ccc([C@@H]2CN(C(=O)c3ccccc3)N=C(c3ccccc3)O2)cc1. The third-order valence-corrected chi connectivity index (χ3v) is 4.57. The van der Waals surface area contributed by atoms with E-state index in [0.717, 1.165) is 16.9 Å². The van der Waals surface area contributed by atoms with Gasteiger partial charge in [0.15, 0.2) is 0 Å². The average molecular weight is 372 g/mol. The van der Waals surface area contributed by atoms with E-state index in [9.17, 15) is 4.79 Å². The molecule has 0 N–H and O–H groups in total. The van der Waals surface area contributed by atoms with Gasteiger partial charge in [-0.2, -0.15) is 0 Å². The van der Waals surface area contributed by atoms with Crippen molar-refractivity contribution in [2.75, 3.05) is 13.7 Å². The largest absolute Gasteiger partial charge is 0.497 e. The summed E-state index contributed by atoms with van der Waals surface area (Å²) in [4.78, 5) is 13.0. The number of benzene rings is 3. The Bertz CT molecular complexity index is 970. The third-order valence-electron chi connectivity index (χ3n) is 4.57. The van der Waals surface area contributed by atoms with Crippen LogP contribution in [0.5, 0.6) is 5.75 Å². The fraction of sp³-hybridized carbons (Fsp3) is 0.130. The van der Waals surface area contributed by atoms with Gasteiger partial charge >= 0.3 is 0 Å². The van der Waals surface area contributed by atoms with Crippen LogP contribution in [-0.4, -0.2) is 30.5 Å². The van der Waals surface area contributed by atoms with Gasteiger partial charge in [-0.1, -0.05) is 48.5 Å². The quantitative estimate of drug-likeness (QED) is 0.687. The number of carbonyl (C=O) groups excluding carboxylic acids is 1. The van der Waals surface area contributed by atoms with Crippen LogP contribution in [0.3, 0.4) is 0 Å². The molecule has 1 aliphatic rings. The van der Waals surface area contributed by atoms with Gasteiger partial charge in [0.2, 0.25) is 5.90 Å². The molecule has 0 saturated carbocycles. The fourth-order valence-corrected chi connectivity index (χ4v) is 3.06. The first kappa shape index (κ1) is 17.8. The molecular weight excluding hydrogens is 352 g/mol. The molecule has 3 aromatic carbocycles. The van der Waals surface area contributed by atoms with Gasteiger partial charge in [0, 0.05) is 11.1 Å². The van der Waals surface area contributed by atoms with Gasteiger partial charge in [-0.15, -0.1) is 5.10 Å². The Morgan fingerprint density at radius 1 is 0.964 bits per heavy atom. The third kappa shape index (κ3) is 3.74. The molecule has 3 aromatic rings. The Balaban J connectivity index is 1.68. The van der Waals surface area contributed by atoms with Gasteiger partial charge in [-0.3, -0.25) is 4.79 Å². The maximum absolute atomic E-state index is 13.0. The van der Waals surface area contributed by atoms with E-state index in [1.807, 2.05) is 72.8 Å². The second-order valence-corrected chi connectivity index (χ2v) is 6.40. The van der Waals surface area contributed by atoms with Gasteiger partial charge in [0.25, 0.3) is 5.91 Å². The zero-order chi connectivity index (χ0) is 19.3. The van der Waals surface area contributed by atoms with Crippen LogP contribution >= 0.6 is 0 Å². The molecule has 0 unspecified atom stereocenters. The Kier molecular flexibility index (Phi) is 5.06. The Labute approximate surface area is 163 Å². The van der Waals surface area contributed by atoms with Crippen molar-refractivity contribution in [2.45, 2.75) is 6.10 Å². The molecule has 1 atom stereocenters. The van der Waals surface area contributed by atoms with Gasteiger partial charge in [0.05, 0.1) is 13.7 Å². The molecule has 0 radical (unpaired) electrons. The predicted octanol–water partition coefficient (Wildman–Crippen LogP) is 4.27. The number of hydrogen-bond donors (Lipinski definition) is 0. The standard InChI is InChI=1S/C23H20N2O3/c1-27-20-14-12-17(13-15-20)21-16-25(23(26)19-10-6-3-7-11-19)24-22(28-21)18-8-4-2-5-9-18/h2-15,21H,16H2,1H3/t21-/m0/s1. The number of carbonyl (C=O) groups is 1. The van der Waals surface area contributed by atoms with Crippen molar-refractivity contribution in [3.63, 3.8) is 0 Å². The van der Waals surface area contributed by atoms with Crippen molar-refractivity contribution < 1.29 is 14.3 Å². The summed E-state index contributed by atoms with van der Waals surface area (Å²) in [5.74, 6) is 1.04. The number of ether oxygens (including phenoxy) is 2. The first-order chi connectivity index (χ1) is 13.7. The lowest BCUT2D eigenvalue weighted by Gasteiger charge is -2.31. The molecule has 0 aliphatic carbocycles. The first-order valence-electron chi connectivity index (χ1n) is 9.06. The highest BCUT2D eigenvalue weighted by Crippen LogP contribution is 2.27. The minimum absolute atomic E-state index is 0.157. The Morgan fingerprint density at radius 3 is 2.25 bits per heavy atom. The molecule has 0 aromatic heterocycles. The highest BCUT2D eigenvalue weighted by Gasteiger charge is 2.29. The lowest BCUT2D eigenvalue weighted by molar-refractivity contribution is 0.0545. The molecule has 1 aliphatic heterocycles.